The van der Waals surface area contributed by atoms with Gasteiger partial charge in [-0.3, -0.25) is 4.99 Å². The molecule has 0 unspecified atom stereocenters. The number of aromatic nitrogens is 2. The fourth-order valence-electron chi connectivity index (χ4n) is 1.39. The normalized spacial score (nSPS) is 17.7. The van der Waals surface area contributed by atoms with Crippen LogP contribution >= 0.6 is 11.3 Å². The lowest BCUT2D eigenvalue weighted by atomic mass is 10.2. The predicted molar refractivity (Wildman–Crippen MR) is 52.8 cm³/mol. The fourth-order valence-corrected chi connectivity index (χ4v) is 1.87. The molecule has 0 fully saturated rings. The second-order valence-electron chi connectivity index (χ2n) is 3.08. The number of hydrogen-bond acceptors (Lipinski definition) is 4. The summed E-state index contributed by atoms with van der Waals surface area (Å²) < 4.78 is 0. The predicted octanol–water partition coefficient (Wildman–Crippen LogP) is 0.00310. The van der Waals surface area contributed by atoms with E-state index in [2.05, 4.69) is 20.5 Å². The maximum absolute atomic E-state index is 3.94. The van der Waals surface area contributed by atoms with E-state index in [1.165, 1.54) is 36.4 Å². The fraction of sp³-hybridized carbons (Fsp3) is 0.625. The maximum atomic E-state index is 3.94. The number of amidine groups is 1. The topological polar surface area (TPSA) is 51.8 Å². The lowest BCUT2D eigenvalue weighted by molar-refractivity contribution is -0.457. The van der Waals surface area contributed by atoms with Crippen molar-refractivity contribution in [1.29, 1.82) is 0 Å². The monoisotopic (exact) mass is 197 g/mol. The summed E-state index contributed by atoms with van der Waals surface area (Å²) in [5, 5.41) is 11.8. The van der Waals surface area contributed by atoms with Crippen LogP contribution < -0.4 is 10.3 Å². The van der Waals surface area contributed by atoms with Crippen molar-refractivity contribution in [2.75, 3.05) is 11.9 Å². The van der Waals surface area contributed by atoms with E-state index in [-0.39, 0.29) is 0 Å². The average molecular weight is 197 g/mol. The summed E-state index contributed by atoms with van der Waals surface area (Å²) in [7, 11) is 0. The Morgan fingerprint density at radius 3 is 3.23 bits per heavy atom. The molecule has 0 radical (unpaired) electrons. The molecule has 0 bridgehead atoms. The Hall–Kier alpha value is -0.970. The summed E-state index contributed by atoms with van der Waals surface area (Å²) in [6.07, 6.45) is 4.93. The van der Waals surface area contributed by atoms with Crippen LogP contribution in [0.25, 0.3) is 0 Å². The van der Waals surface area contributed by atoms with Gasteiger partial charge in [-0.2, -0.15) is 0 Å². The van der Waals surface area contributed by atoms with Gasteiger partial charge in [0.15, 0.2) is 0 Å². The number of nitrogens with zero attached hydrogens (tertiary/aromatic N) is 2. The quantitative estimate of drug-likeness (QED) is 0.666. The number of nitrogens with one attached hydrogen (secondary N) is 2. The zero-order chi connectivity index (χ0) is 8.93. The standard InChI is InChI=1S/C8H12N4S/c1-2-4-7(9-5-3-1)11-8-12-10-6-13-8/h6H,1-5H2,(H,9,11,12)/p+1. The van der Waals surface area contributed by atoms with Gasteiger partial charge in [-0.05, 0) is 19.3 Å². The van der Waals surface area contributed by atoms with Gasteiger partial charge in [-0.1, -0.05) is 16.4 Å². The third-order valence-corrected chi connectivity index (χ3v) is 2.67. The van der Waals surface area contributed by atoms with E-state index in [4.69, 9.17) is 0 Å². The summed E-state index contributed by atoms with van der Waals surface area (Å²) in [6, 6.07) is 0. The van der Waals surface area contributed by atoms with E-state index in [0.29, 0.717) is 0 Å². The van der Waals surface area contributed by atoms with Crippen molar-refractivity contribution in [3.05, 3.63) is 5.51 Å². The molecule has 0 aromatic carbocycles. The van der Waals surface area contributed by atoms with E-state index in [0.717, 1.165) is 18.1 Å². The first kappa shape index (κ1) is 8.62. The Kier molecular flexibility index (Phi) is 2.86. The third kappa shape index (κ3) is 2.48. The average Bonchev–Trinajstić information content (AvgIpc) is 2.49. The first-order valence-corrected chi connectivity index (χ1v) is 5.46. The summed E-state index contributed by atoms with van der Waals surface area (Å²) in [5.41, 5.74) is 1.74. The summed E-state index contributed by atoms with van der Waals surface area (Å²) in [5.74, 6) is 1.19. The third-order valence-electron chi connectivity index (χ3n) is 2.06. The minimum Gasteiger partial charge on any atom is -0.278 e. The molecule has 0 aliphatic carbocycles. The maximum Gasteiger partial charge on any atom is 0.297 e. The molecule has 1 aromatic heterocycles. The van der Waals surface area contributed by atoms with Crippen LogP contribution in [0.4, 0.5) is 5.13 Å². The smallest absolute Gasteiger partial charge is 0.278 e. The minimum atomic E-state index is 0.879. The van der Waals surface area contributed by atoms with Gasteiger partial charge >= 0.3 is 0 Å². The molecule has 70 valence electrons. The Labute approximate surface area is 81.1 Å². The van der Waals surface area contributed by atoms with E-state index in [1.807, 2.05) is 0 Å². The molecule has 0 saturated heterocycles. The van der Waals surface area contributed by atoms with Crippen molar-refractivity contribution in [3.8, 4) is 0 Å². The highest BCUT2D eigenvalue weighted by Crippen LogP contribution is 2.09. The van der Waals surface area contributed by atoms with Gasteiger partial charge in [-0.25, -0.2) is 5.32 Å². The molecule has 2 rings (SSSR count). The zero-order valence-electron chi connectivity index (χ0n) is 7.42. The van der Waals surface area contributed by atoms with Gasteiger partial charge in [0.05, 0.1) is 6.54 Å². The first-order chi connectivity index (χ1) is 6.45. The SMILES string of the molecule is c1nnc(NC2=[NH+]CCCCC2)s1. The molecular formula is C8H13N4S+. The van der Waals surface area contributed by atoms with Crippen molar-refractivity contribution >= 4 is 22.3 Å². The van der Waals surface area contributed by atoms with Gasteiger partial charge in [-0.15, -0.1) is 5.10 Å². The van der Waals surface area contributed by atoms with Gasteiger partial charge < -0.3 is 0 Å². The molecule has 0 spiro atoms. The second-order valence-corrected chi connectivity index (χ2v) is 3.92. The van der Waals surface area contributed by atoms with Gasteiger partial charge in [0.25, 0.3) is 5.13 Å². The Morgan fingerprint density at radius 1 is 1.38 bits per heavy atom. The molecule has 5 heteroatoms. The zero-order valence-corrected chi connectivity index (χ0v) is 8.23. The van der Waals surface area contributed by atoms with Crippen LogP contribution in [0, 0.1) is 0 Å². The van der Waals surface area contributed by atoms with E-state index >= 15 is 0 Å². The van der Waals surface area contributed by atoms with Gasteiger partial charge in [0, 0.05) is 6.42 Å². The molecule has 0 saturated carbocycles. The van der Waals surface area contributed by atoms with E-state index < -0.39 is 0 Å². The highest BCUT2D eigenvalue weighted by atomic mass is 32.1. The van der Waals surface area contributed by atoms with Crippen LogP contribution in [-0.2, 0) is 0 Å². The lowest BCUT2D eigenvalue weighted by Gasteiger charge is -1.94. The first-order valence-electron chi connectivity index (χ1n) is 4.58. The highest BCUT2D eigenvalue weighted by molar-refractivity contribution is 7.13. The molecule has 2 N–H and O–H groups in total. The Balaban J connectivity index is 1.96. The van der Waals surface area contributed by atoms with Crippen LogP contribution in [0.2, 0.25) is 0 Å². The van der Waals surface area contributed by atoms with Gasteiger partial charge in [0.2, 0.25) is 5.84 Å². The van der Waals surface area contributed by atoms with E-state index in [9.17, 15) is 0 Å². The number of rotatable bonds is 1. The van der Waals surface area contributed by atoms with Crippen molar-refractivity contribution < 1.29 is 4.99 Å². The van der Waals surface area contributed by atoms with Crippen LogP contribution in [-0.4, -0.2) is 22.6 Å². The van der Waals surface area contributed by atoms with Crippen LogP contribution in [0.3, 0.4) is 0 Å². The molecule has 1 aliphatic heterocycles. The van der Waals surface area contributed by atoms with Crippen molar-refractivity contribution in [2.45, 2.75) is 25.7 Å². The van der Waals surface area contributed by atoms with Crippen molar-refractivity contribution in [2.24, 2.45) is 0 Å². The van der Waals surface area contributed by atoms with Crippen molar-refractivity contribution in [1.82, 2.24) is 10.2 Å². The van der Waals surface area contributed by atoms with Crippen molar-refractivity contribution in [3.63, 3.8) is 0 Å². The van der Waals surface area contributed by atoms with Crippen LogP contribution in [0.1, 0.15) is 25.7 Å². The highest BCUT2D eigenvalue weighted by Gasteiger charge is 2.11. The molecule has 1 aliphatic rings. The molecule has 13 heavy (non-hydrogen) atoms. The molecule has 2 heterocycles. The van der Waals surface area contributed by atoms with Crippen LogP contribution in [0.5, 0.6) is 0 Å². The molecule has 4 nitrogen and oxygen atoms in total. The summed E-state index contributed by atoms with van der Waals surface area (Å²) in [4.78, 5) is 3.36. The Bertz CT molecular complexity index is 280. The number of anilines is 1. The summed E-state index contributed by atoms with van der Waals surface area (Å²) in [6.45, 7) is 1.07. The molecule has 0 amide bonds. The molecule has 0 atom stereocenters. The largest absolute Gasteiger partial charge is 0.297 e. The lowest BCUT2D eigenvalue weighted by Crippen LogP contribution is -2.74. The second kappa shape index (κ2) is 4.32. The molecule has 1 aromatic rings. The van der Waals surface area contributed by atoms with E-state index in [1.54, 1.807) is 5.51 Å². The molecular weight excluding hydrogens is 184 g/mol. The number of hydrogen-bond donors (Lipinski definition) is 2. The minimum absolute atomic E-state index is 0.879. The summed E-state index contributed by atoms with van der Waals surface area (Å²) >= 11 is 1.53. The van der Waals surface area contributed by atoms with Crippen LogP contribution in [0.15, 0.2) is 5.51 Å². The van der Waals surface area contributed by atoms with Gasteiger partial charge in [0.1, 0.15) is 5.51 Å². The Morgan fingerprint density at radius 2 is 2.38 bits per heavy atom.